The molecule has 4 heteroatoms. The molecule has 2 fully saturated rings. The second-order valence-corrected chi connectivity index (χ2v) is 11.5. The minimum atomic E-state index is -1.17. The molecule has 3 nitrogen and oxygen atoms in total. The van der Waals surface area contributed by atoms with Gasteiger partial charge in [0.1, 0.15) is 10.4 Å². The quantitative estimate of drug-likeness (QED) is 0.318. The summed E-state index contributed by atoms with van der Waals surface area (Å²) in [4.78, 5) is -1.17. The van der Waals surface area contributed by atoms with Crippen molar-refractivity contribution in [3.8, 4) is 0 Å². The Hall–Kier alpha value is -0.810. The predicted octanol–water partition coefficient (Wildman–Crippen LogP) is 6.27. The van der Waals surface area contributed by atoms with Crippen LogP contribution in [0.1, 0.15) is 85.5 Å². The summed E-state index contributed by atoms with van der Waals surface area (Å²) in [6.07, 6.45) is 14.2. The van der Waals surface area contributed by atoms with Gasteiger partial charge in [0, 0.05) is 12.8 Å². The van der Waals surface area contributed by atoms with Gasteiger partial charge in [0.05, 0.1) is 6.10 Å². The molecule has 0 spiro atoms. The van der Waals surface area contributed by atoms with Gasteiger partial charge in [0.2, 0.25) is 0 Å². The number of hydrogen-bond donors (Lipinski definition) is 3. The summed E-state index contributed by atoms with van der Waals surface area (Å²) in [6, 6.07) is 0. The van der Waals surface area contributed by atoms with E-state index >= 15 is 0 Å². The van der Waals surface area contributed by atoms with Crippen LogP contribution in [0.4, 0.5) is 0 Å². The standard InChI is InChI=1S/C27H42O3S/c1-6-19(7-2)25(29)31-27(30)16-21(18(4)24(28)17-27)12-11-20-10-9-15-26(5)22(8-3)13-14-23(20)26/h11-13,19,23-25,28-30H,4,6-10,14-17H2,1-3,5H3/t23-,24-,25-,26+,27-/m0/s1. The first-order valence-corrected chi connectivity index (χ1v) is 13.1. The second-order valence-electron chi connectivity index (χ2n) is 10.0. The maximum absolute atomic E-state index is 11.3. The van der Waals surface area contributed by atoms with E-state index in [0.29, 0.717) is 17.9 Å². The molecule has 0 aromatic heterocycles. The Morgan fingerprint density at radius 3 is 2.61 bits per heavy atom. The van der Waals surface area contributed by atoms with Gasteiger partial charge in [-0.1, -0.05) is 88.3 Å². The van der Waals surface area contributed by atoms with Crippen molar-refractivity contribution in [3.05, 3.63) is 47.1 Å². The molecule has 0 heterocycles. The van der Waals surface area contributed by atoms with Crippen molar-refractivity contribution in [1.82, 2.24) is 0 Å². The first-order chi connectivity index (χ1) is 14.7. The summed E-state index contributed by atoms with van der Waals surface area (Å²) in [5.74, 6) is 0.716. The third-order valence-corrected chi connectivity index (χ3v) is 9.55. The maximum atomic E-state index is 11.3. The summed E-state index contributed by atoms with van der Waals surface area (Å²) in [5, 5.41) is 32.5. The number of allylic oxidation sites excluding steroid dienone is 5. The lowest BCUT2D eigenvalue weighted by Gasteiger charge is -2.41. The molecule has 3 aliphatic rings. The molecule has 0 aliphatic heterocycles. The molecule has 0 radical (unpaired) electrons. The van der Waals surface area contributed by atoms with E-state index in [9.17, 15) is 15.3 Å². The monoisotopic (exact) mass is 446 g/mol. The topological polar surface area (TPSA) is 60.7 Å². The van der Waals surface area contributed by atoms with Crippen LogP contribution in [0.2, 0.25) is 0 Å². The highest BCUT2D eigenvalue weighted by Gasteiger charge is 2.44. The van der Waals surface area contributed by atoms with Crippen LogP contribution in [0, 0.1) is 17.3 Å². The van der Waals surface area contributed by atoms with E-state index in [1.165, 1.54) is 30.2 Å². The smallest absolute Gasteiger partial charge is 0.119 e. The first kappa shape index (κ1) is 24.8. The largest absolute Gasteiger partial charge is 0.388 e. The van der Waals surface area contributed by atoms with Gasteiger partial charge in [0.25, 0.3) is 0 Å². The van der Waals surface area contributed by atoms with Gasteiger partial charge < -0.3 is 15.3 Å². The zero-order valence-corrected chi connectivity index (χ0v) is 20.7. The Balaban J connectivity index is 1.80. The minimum Gasteiger partial charge on any atom is -0.388 e. The molecule has 174 valence electrons. The highest BCUT2D eigenvalue weighted by atomic mass is 32.2. The second kappa shape index (κ2) is 9.99. The van der Waals surface area contributed by atoms with E-state index in [4.69, 9.17) is 0 Å². The Morgan fingerprint density at radius 1 is 1.26 bits per heavy atom. The van der Waals surface area contributed by atoms with E-state index in [1.807, 2.05) is 0 Å². The van der Waals surface area contributed by atoms with Crippen molar-refractivity contribution < 1.29 is 15.3 Å². The molecule has 0 unspecified atom stereocenters. The van der Waals surface area contributed by atoms with E-state index < -0.39 is 16.5 Å². The average molecular weight is 447 g/mol. The predicted molar refractivity (Wildman–Crippen MR) is 132 cm³/mol. The minimum absolute atomic E-state index is 0.147. The van der Waals surface area contributed by atoms with Gasteiger partial charge in [0.15, 0.2) is 0 Å². The normalized spacial score (nSPS) is 37.4. The molecule has 0 saturated heterocycles. The molecule has 0 bridgehead atoms. The number of aliphatic hydroxyl groups excluding tert-OH is 2. The molecule has 2 saturated carbocycles. The lowest BCUT2D eigenvalue weighted by atomic mass is 9.64. The number of thioether (sulfide) groups is 1. The maximum Gasteiger partial charge on any atom is 0.119 e. The summed E-state index contributed by atoms with van der Waals surface area (Å²) in [5.41, 5.74) is 4.37. The number of fused-ring (bicyclic) bond motifs is 1. The van der Waals surface area contributed by atoms with Crippen molar-refractivity contribution in [2.75, 3.05) is 0 Å². The molecule has 3 rings (SSSR count). The van der Waals surface area contributed by atoms with Crippen LogP contribution in [-0.4, -0.2) is 31.8 Å². The van der Waals surface area contributed by atoms with Gasteiger partial charge in [-0.05, 0) is 60.5 Å². The first-order valence-electron chi connectivity index (χ1n) is 12.2. The molecule has 0 aromatic carbocycles. The third-order valence-electron chi connectivity index (χ3n) is 8.18. The van der Waals surface area contributed by atoms with Gasteiger partial charge in [-0.2, -0.15) is 0 Å². The van der Waals surface area contributed by atoms with Crippen molar-refractivity contribution in [1.29, 1.82) is 0 Å². The number of aliphatic hydroxyl groups is 3. The molecule has 3 aliphatic carbocycles. The number of rotatable bonds is 7. The molecule has 0 amide bonds. The molecular weight excluding hydrogens is 404 g/mol. The van der Waals surface area contributed by atoms with E-state index in [-0.39, 0.29) is 17.8 Å². The van der Waals surface area contributed by atoms with Crippen molar-refractivity contribution in [3.63, 3.8) is 0 Å². The molecule has 3 N–H and O–H groups in total. The fraction of sp³-hybridized carbons (Fsp3) is 0.704. The molecule has 5 atom stereocenters. The molecule has 0 aromatic rings. The Kier molecular flexibility index (Phi) is 8.00. The van der Waals surface area contributed by atoms with Crippen LogP contribution in [0.15, 0.2) is 47.1 Å². The summed E-state index contributed by atoms with van der Waals surface area (Å²) < 4.78 is 0. The van der Waals surface area contributed by atoms with Crippen molar-refractivity contribution >= 4 is 11.8 Å². The van der Waals surface area contributed by atoms with Crippen LogP contribution in [-0.2, 0) is 0 Å². The van der Waals surface area contributed by atoms with E-state index in [0.717, 1.165) is 37.7 Å². The summed E-state index contributed by atoms with van der Waals surface area (Å²) >= 11 is 1.21. The van der Waals surface area contributed by atoms with Gasteiger partial charge in [-0.25, -0.2) is 0 Å². The van der Waals surface area contributed by atoms with Crippen LogP contribution in [0.5, 0.6) is 0 Å². The fourth-order valence-corrected chi connectivity index (χ4v) is 7.57. The Morgan fingerprint density at radius 2 is 1.97 bits per heavy atom. The van der Waals surface area contributed by atoms with Gasteiger partial charge >= 0.3 is 0 Å². The average Bonchev–Trinajstić information content (AvgIpc) is 3.07. The summed E-state index contributed by atoms with van der Waals surface area (Å²) in [6.45, 7) is 12.9. The Labute approximate surface area is 193 Å². The third kappa shape index (κ3) is 5.08. The van der Waals surface area contributed by atoms with E-state index in [1.54, 1.807) is 5.57 Å². The summed E-state index contributed by atoms with van der Waals surface area (Å²) in [7, 11) is 0. The lowest BCUT2D eigenvalue weighted by Crippen LogP contribution is -2.39. The van der Waals surface area contributed by atoms with Crippen LogP contribution < -0.4 is 0 Å². The van der Waals surface area contributed by atoms with Crippen molar-refractivity contribution in [2.45, 2.75) is 102 Å². The van der Waals surface area contributed by atoms with E-state index in [2.05, 4.69) is 52.5 Å². The van der Waals surface area contributed by atoms with Crippen LogP contribution >= 0.6 is 11.8 Å². The Bertz CT molecular complexity index is 762. The van der Waals surface area contributed by atoms with Gasteiger partial charge in [-0.15, -0.1) is 0 Å². The zero-order valence-electron chi connectivity index (χ0n) is 19.9. The highest BCUT2D eigenvalue weighted by molar-refractivity contribution is 8.00. The van der Waals surface area contributed by atoms with Crippen molar-refractivity contribution in [2.24, 2.45) is 17.3 Å². The van der Waals surface area contributed by atoms with Crippen LogP contribution in [0.25, 0.3) is 0 Å². The van der Waals surface area contributed by atoms with Gasteiger partial charge in [-0.3, -0.25) is 0 Å². The number of hydrogen-bond acceptors (Lipinski definition) is 4. The SMILES string of the molecule is C=C1C(=CC=C2CCC[C@]3(C)C(CC)=CC[C@@H]23)C[C@](O)(S[C@H](O)C(CC)CC)C[C@@H]1O. The molecular formula is C27H42O3S. The zero-order chi connectivity index (χ0) is 22.8. The highest BCUT2D eigenvalue weighted by Crippen LogP contribution is 2.55. The lowest BCUT2D eigenvalue weighted by molar-refractivity contribution is 0.0560. The van der Waals surface area contributed by atoms with Crippen LogP contribution in [0.3, 0.4) is 0 Å². The molecule has 31 heavy (non-hydrogen) atoms. The fourth-order valence-electron chi connectivity index (χ4n) is 6.05.